The highest BCUT2D eigenvalue weighted by Gasteiger charge is 2.24. The first-order valence-corrected chi connectivity index (χ1v) is 8.44. The number of H-pyrrole nitrogens is 1. The van der Waals surface area contributed by atoms with E-state index in [9.17, 15) is 8.42 Å². The van der Waals surface area contributed by atoms with E-state index in [2.05, 4.69) is 15.1 Å². The van der Waals surface area contributed by atoms with E-state index in [1.807, 2.05) is 0 Å². The van der Waals surface area contributed by atoms with Crippen molar-refractivity contribution in [3.8, 4) is 0 Å². The lowest BCUT2D eigenvalue weighted by Gasteiger charge is -2.26. The van der Waals surface area contributed by atoms with Gasteiger partial charge in [0.2, 0.25) is 0 Å². The summed E-state index contributed by atoms with van der Waals surface area (Å²) >= 11 is 0. The largest absolute Gasteiger partial charge is 0.295 e. The summed E-state index contributed by atoms with van der Waals surface area (Å²) in [5.41, 5.74) is 3.81. The van der Waals surface area contributed by atoms with E-state index in [1.165, 1.54) is 24.1 Å². The fraction of sp³-hybridized carbons (Fsp3) is 0.750. The van der Waals surface area contributed by atoms with Gasteiger partial charge in [-0.2, -0.15) is 5.10 Å². The minimum atomic E-state index is -2.78. The van der Waals surface area contributed by atoms with Gasteiger partial charge in [-0.3, -0.25) is 10.00 Å². The number of rotatable bonds is 2. The number of aryl methyl sites for hydroxylation is 1. The van der Waals surface area contributed by atoms with Crippen molar-refractivity contribution >= 4 is 9.84 Å². The quantitative estimate of drug-likeness (QED) is 0.850. The monoisotopic (exact) mass is 269 g/mol. The number of nitrogens with zero attached hydrogens (tertiary/aromatic N) is 2. The zero-order chi connectivity index (χ0) is 12.6. The van der Waals surface area contributed by atoms with Crippen molar-refractivity contribution in [3.05, 3.63) is 17.0 Å². The lowest BCUT2D eigenvalue weighted by molar-refractivity contribution is 0.283. The maximum absolute atomic E-state index is 11.4. The van der Waals surface area contributed by atoms with Crippen molar-refractivity contribution in [1.82, 2.24) is 15.1 Å². The molecule has 6 heteroatoms. The molecule has 2 aliphatic rings. The van der Waals surface area contributed by atoms with Gasteiger partial charge in [-0.05, 0) is 31.2 Å². The Balaban J connectivity index is 1.68. The van der Waals surface area contributed by atoms with Crippen LogP contribution in [0.2, 0.25) is 0 Å². The number of nitrogens with one attached hydrogen (secondary N) is 1. The normalized spacial score (nSPS) is 23.8. The van der Waals surface area contributed by atoms with Crippen molar-refractivity contribution < 1.29 is 8.42 Å². The number of aromatic nitrogens is 2. The first kappa shape index (κ1) is 12.2. The second kappa shape index (κ2) is 4.66. The molecule has 0 bridgehead atoms. The van der Waals surface area contributed by atoms with E-state index in [0.717, 1.165) is 25.1 Å². The second-order valence-electron chi connectivity index (χ2n) is 5.26. The number of fused-ring (bicyclic) bond motifs is 1. The molecule has 0 saturated carbocycles. The molecule has 3 rings (SSSR count). The summed E-state index contributed by atoms with van der Waals surface area (Å²) in [7, 11) is -2.78. The first-order valence-electron chi connectivity index (χ1n) is 6.62. The molecule has 0 amide bonds. The Morgan fingerprint density at radius 3 is 2.67 bits per heavy atom. The van der Waals surface area contributed by atoms with Crippen LogP contribution >= 0.6 is 0 Å². The molecule has 1 aromatic heterocycles. The Morgan fingerprint density at radius 2 is 1.89 bits per heavy atom. The van der Waals surface area contributed by atoms with Crippen LogP contribution < -0.4 is 0 Å². The average Bonchev–Trinajstić information content (AvgIpc) is 2.76. The molecular formula is C12H19N3O2S. The van der Waals surface area contributed by atoms with E-state index >= 15 is 0 Å². The third-order valence-electron chi connectivity index (χ3n) is 3.95. The molecule has 5 nitrogen and oxygen atoms in total. The third kappa shape index (κ3) is 2.44. The minimum Gasteiger partial charge on any atom is -0.295 e. The second-order valence-corrected chi connectivity index (χ2v) is 7.57. The smallest absolute Gasteiger partial charge is 0.152 e. The van der Waals surface area contributed by atoms with Crippen LogP contribution in [-0.2, 0) is 29.2 Å². The zero-order valence-corrected chi connectivity index (χ0v) is 11.3. The van der Waals surface area contributed by atoms with E-state index in [0.29, 0.717) is 24.6 Å². The summed E-state index contributed by atoms with van der Waals surface area (Å²) in [6, 6.07) is 0. The van der Waals surface area contributed by atoms with E-state index in [1.54, 1.807) is 0 Å². The highest BCUT2D eigenvalue weighted by atomic mass is 32.2. The van der Waals surface area contributed by atoms with E-state index < -0.39 is 9.84 Å². The fourth-order valence-corrected chi connectivity index (χ4v) is 4.08. The lowest BCUT2D eigenvalue weighted by Crippen LogP contribution is -2.39. The van der Waals surface area contributed by atoms with Crippen LogP contribution in [0.15, 0.2) is 0 Å². The van der Waals surface area contributed by atoms with Gasteiger partial charge in [0.15, 0.2) is 9.84 Å². The number of aromatic amines is 1. The van der Waals surface area contributed by atoms with Gasteiger partial charge in [0.1, 0.15) is 0 Å². The molecule has 0 spiro atoms. The van der Waals surface area contributed by atoms with Gasteiger partial charge in [0.05, 0.1) is 17.2 Å². The van der Waals surface area contributed by atoms with Gasteiger partial charge < -0.3 is 0 Å². The summed E-state index contributed by atoms with van der Waals surface area (Å²) in [6.07, 6.45) is 4.72. The summed E-state index contributed by atoms with van der Waals surface area (Å²) in [4.78, 5) is 2.20. The standard InChI is InChI=1S/C12H19N3O2S/c16-18(17)7-5-15(6-8-18)9-12-10-3-1-2-4-11(10)13-14-12/h1-9H2,(H,13,14). The van der Waals surface area contributed by atoms with Gasteiger partial charge in [0.25, 0.3) is 0 Å². The molecule has 1 aromatic rings. The molecule has 0 atom stereocenters. The van der Waals surface area contributed by atoms with Crippen molar-refractivity contribution in [2.45, 2.75) is 32.2 Å². The molecule has 0 aromatic carbocycles. The van der Waals surface area contributed by atoms with Crippen LogP contribution in [0, 0.1) is 0 Å². The average molecular weight is 269 g/mol. The van der Waals surface area contributed by atoms with Crippen LogP contribution in [0.25, 0.3) is 0 Å². The highest BCUT2D eigenvalue weighted by molar-refractivity contribution is 7.91. The van der Waals surface area contributed by atoms with Crippen molar-refractivity contribution in [3.63, 3.8) is 0 Å². The Morgan fingerprint density at radius 1 is 1.17 bits per heavy atom. The van der Waals surface area contributed by atoms with Crippen LogP contribution in [0.5, 0.6) is 0 Å². The summed E-state index contributed by atoms with van der Waals surface area (Å²) in [5.74, 6) is 0.583. The van der Waals surface area contributed by atoms with Gasteiger partial charge in [0, 0.05) is 25.3 Å². The fourth-order valence-electron chi connectivity index (χ4n) is 2.80. The van der Waals surface area contributed by atoms with Gasteiger partial charge in [-0.15, -0.1) is 0 Å². The molecule has 0 radical (unpaired) electrons. The molecule has 2 heterocycles. The molecule has 100 valence electrons. The van der Waals surface area contributed by atoms with Gasteiger partial charge in [-0.25, -0.2) is 8.42 Å². The SMILES string of the molecule is O=S1(=O)CCN(Cc2n[nH]c3c2CCCC3)CC1. The third-order valence-corrected chi connectivity index (χ3v) is 5.56. The topological polar surface area (TPSA) is 66.1 Å². The molecule has 1 N–H and O–H groups in total. The van der Waals surface area contributed by atoms with Crippen molar-refractivity contribution in [2.75, 3.05) is 24.6 Å². The lowest BCUT2D eigenvalue weighted by atomic mass is 9.96. The van der Waals surface area contributed by atoms with E-state index in [4.69, 9.17) is 0 Å². The van der Waals surface area contributed by atoms with Crippen LogP contribution in [0.3, 0.4) is 0 Å². The molecule has 1 aliphatic carbocycles. The Labute approximate surface area is 107 Å². The number of hydrogen-bond acceptors (Lipinski definition) is 4. The van der Waals surface area contributed by atoms with Gasteiger partial charge >= 0.3 is 0 Å². The Bertz CT molecular complexity index is 522. The van der Waals surface area contributed by atoms with Crippen molar-refractivity contribution in [2.24, 2.45) is 0 Å². The maximum atomic E-state index is 11.4. The summed E-state index contributed by atoms with van der Waals surface area (Å²) in [6.45, 7) is 2.08. The van der Waals surface area contributed by atoms with E-state index in [-0.39, 0.29) is 0 Å². The minimum absolute atomic E-state index is 0.291. The van der Waals surface area contributed by atoms with Crippen LogP contribution in [-0.4, -0.2) is 48.1 Å². The van der Waals surface area contributed by atoms with Crippen LogP contribution in [0.4, 0.5) is 0 Å². The molecule has 0 unspecified atom stereocenters. The predicted molar refractivity (Wildman–Crippen MR) is 69.2 cm³/mol. The molecule has 18 heavy (non-hydrogen) atoms. The molecule has 1 fully saturated rings. The van der Waals surface area contributed by atoms with Gasteiger partial charge in [-0.1, -0.05) is 0 Å². The summed E-state index contributed by atoms with van der Waals surface area (Å²) in [5, 5.41) is 7.55. The molecular weight excluding hydrogens is 250 g/mol. The zero-order valence-electron chi connectivity index (χ0n) is 10.5. The molecule has 1 saturated heterocycles. The highest BCUT2D eigenvalue weighted by Crippen LogP contribution is 2.23. The predicted octanol–water partition coefficient (Wildman–Crippen LogP) is 0.519. The Hall–Kier alpha value is -0.880. The maximum Gasteiger partial charge on any atom is 0.152 e. The molecule has 1 aliphatic heterocycles. The van der Waals surface area contributed by atoms with Crippen LogP contribution in [0.1, 0.15) is 29.8 Å². The Kier molecular flexibility index (Phi) is 3.15. The van der Waals surface area contributed by atoms with Crippen molar-refractivity contribution in [1.29, 1.82) is 0 Å². The number of sulfone groups is 1. The number of hydrogen-bond donors (Lipinski definition) is 1. The first-order chi connectivity index (χ1) is 8.64. The summed E-state index contributed by atoms with van der Waals surface area (Å²) < 4.78 is 22.8.